The van der Waals surface area contributed by atoms with Crippen LogP contribution in [0.4, 0.5) is 0 Å². The lowest BCUT2D eigenvalue weighted by atomic mass is 10.2. The maximum Gasteiger partial charge on any atom is 0.287 e. The fraction of sp³-hybridized carbons (Fsp3) is 0.250. The first-order chi connectivity index (χ1) is 8.81. The molecule has 1 amide bonds. The maximum absolute atomic E-state index is 11.7. The van der Waals surface area contributed by atoms with Gasteiger partial charge in [0, 0.05) is 23.4 Å². The monoisotopic (exact) mass is 244 g/mol. The molecule has 0 saturated carbocycles. The topological polar surface area (TPSA) is 91.0 Å². The number of hydrogen-bond acceptors (Lipinski definition) is 3. The van der Waals surface area contributed by atoms with Crippen LogP contribution in [-0.4, -0.2) is 19.0 Å². The zero-order chi connectivity index (χ0) is 12.8. The number of benzene rings is 1. The fourth-order valence-corrected chi connectivity index (χ4v) is 1.58. The maximum atomic E-state index is 11.7. The summed E-state index contributed by atoms with van der Waals surface area (Å²) < 4.78 is 5.41. The van der Waals surface area contributed by atoms with Crippen molar-refractivity contribution in [1.82, 2.24) is 5.32 Å². The molecule has 6 nitrogen and oxygen atoms in total. The van der Waals surface area contributed by atoms with Gasteiger partial charge in [-0.15, -0.1) is 0 Å². The molecule has 1 N–H and O–H groups in total. The number of azide groups is 1. The molecular weight excluding hydrogens is 232 g/mol. The number of hydrogen-bond donors (Lipinski definition) is 1. The molecule has 6 heteroatoms. The second-order valence-corrected chi connectivity index (χ2v) is 3.71. The molecule has 1 aromatic carbocycles. The van der Waals surface area contributed by atoms with Crippen molar-refractivity contribution in [3.63, 3.8) is 0 Å². The van der Waals surface area contributed by atoms with Gasteiger partial charge in [-0.25, -0.2) is 0 Å². The van der Waals surface area contributed by atoms with Crippen LogP contribution in [0.5, 0.6) is 0 Å². The third kappa shape index (κ3) is 2.81. The molecule has 2 aromatic rings. The van der Waals surface area contributed by atoms with E-state index >= 15 is 0 Å². The first-order valence-electron chi connectivity index (χ1n) is 5.59. The molecule has 0 unspecified atom stereocenters. The van der Waals surface area contributed by atoms with Crippen molar-refractivity contribution in [3.8, 4) is 0 Å². The van der Waals surface area contributed by atoms with E-state index in [0.29, 0.717) is 30.9 Å². The molecule has 0 aliphatic rings. The predicted octanol–water partition coefficient (Wildman–Crippen LogP) is 2.86. The fourth-order valence-electron chi connectivity index (χ4n) is 1.58. The summed E-state index contributed by atoms with van der Waals surface area (Å²) in [5.41, 5.74) is 8.78. The Morgan fingerprint density at radius 1 is 1.44 bits per heavy atom. The second-order valence-electron chi connectivity index (χ2n) is 3.71. The van der Waals surface area contributed by atoms with Crippen molar-refractivity contribution in [2.75, 3.05) is 13.1 Å². The highest BCUT2D eigenvalue weighted by atomic mass is 16.3. The number of para-hydroxylation sites is 1. The summed E-state index contributed by atoms with van der Waals surface area (Å²) in [5, 5.41) is 6.98. The molecule has 2 rings (SSSR count). The molecule has 0 saturated heterocycles. The normalized spacial score (nSPS) is 10.0. The quantitative estimate of drug-likeness (QED) is 0.379. The Hall–Kier alpha value is -2.46. The van der Waals surface area contributed by atoms with Gasteiger partial charge in [0.2, 0.25) is 0 Å². The van der Waals surface area contributed by atoms with E-state index in [1.165, 1.54) is 0 Å². The van der Waals surface area contributed by atoms with Gasteiger partial charge in [-0.05, 0) is 24.1 Å². The average molecular weight is 244 g/mol. The van der Waals surface area contributed by atoms with Crippen LogP contribution < -0.4 is 5.32 Å². The number of carbonyl (C=O) groups is 1. The van der Waals surface area contributed by atoms with Crippen molar-refractivity contribution in [3.05, 3.63) is 46.5 Å². The van der Waals surface area contributed by atoms with E-state index in [2.05, 4.69) is 15.3 Å². The predicted molar refractivity (Wildman–Crippen MR) is 67.2 cm³/mol. The molecule has 18 heavy (non-hydrogen) atoms. The molecular formula is C12H12N4O2. The number of furan rings is 1. The van der Waals surface area contributed by atoms with Crippen LogP contribution in [0.3, 0.4) is 0 Å². The highest BCUT2D eigenvalue weighted by Gasteiger charge is 2.10. The third-order valence-electron chi connectivity index (χ3n) is 2.43. The molecule has 0 aliphatic carbocycles. The Morgan fingerprint density at radius 2 is 2.28 bits per heavy atom. The lowest BCUT2D eigenvalue weighted by Crippen LogP contribution is -2.24. The number of amides is 1. The summed E-state index contributed by atoms with van der Waals surface area (Å²) in [6.07, 6.45) is 0.607. The van der Waals surface area contributed by atoms with E-state index in [9.17, 15) is 4.79 Å². The summed E-state index contributed by atoms with van der Waals surface area (Å²) >= 11 is 0. The number of nitrogens with zero attached hydrogens (tertiary/aromatic N) is 3. The lowest BCUT2D eigenvalue weighted by molar-refractivity contribution is 0.0928. The summed E-state index contributed by atoms with van der Waals surface area (Å²) in [4.78, 5) is 14.4. The van der Waals surface area contributed by atoms with E-state index in [1.54, 1.807) is 6.07 Å². The van der Waals surface area contributed by atoms with Gasteiger partial charge >= 0.3 is 0 Å². The van der Waals surface area contributed by atoms with Crippen LogP contribution in [0, 0.1) is 0 Å². The Bertz CT molecular complexity index is 566. The van der Waals surface area contributed by atoms with Crippen molar-refractivity contribution in [2.24, 2.45) is 5.11 Å². The van der Waals surface area contributed by atoms with Crippen LogP contribution in [0.25, 0.3) is 21.4 Å². The van der Waals surface area contributed by atoms with Gasteiger partial charge in [-0.3, -0.25) is 4.79 Å². The smallest absolute Gasteiger partial charge is 0.287 e. The summed E-state index contributed by atoms with van der Waals surface area (Å²) in [7, 11) is 0. The van der Waals surface area contributed by atoms with Crippen LogP contribution in [0.15, 0.2) is 39.9 Å². The van der Waals surface area contributed by atoms with Gasteiger partial charge in [0.25, 0.3) is 5.91 Å². The Balaban J connectivity index is 1.94. The number of rotatable bonds is 5. The van der Waals surface area contributed by atoms with Gasteiger partial charge < -0.3 is 9.73 Å². The Kier molecular flexibility index (Phi) is 3.83. The SMILES string of the molecule is [N-]=[N+]=NCCCNC(=O)c1cc2ccccc2o1. The van der Waals surface area contributed by atoms with E-state index < -0.39 is 0 Å². The van der Waals surface area contributed by atoms with Gasteiger partial charge in [0.05, 0.1) is 0 Å². The van der Waals surface area contributed by atoms with Crippen LogP contribution in [-0.2, 0) is 0 Å². The number of carbonyl (C=O) groups excluding carboxylic acids is 1. The van der Waals surface area contributed by atoms with Crippen LogP contribution in [0.2, 0.25) is 0 Å². The Morgan fingerprint density at radius 3 is 3.06 bits per heavy atom. The van der Waals surface area contributed by atoms with Crippen molar-refractivity contribution >= 4 is 16.9 Å². The molecule has 0 spiro atoms. The first kappa shape index (κ1) is 12.0. The molecule has 0 atom stereocenters. The zero-order valence-electron chi connectivity index (χ0n) is 9.67. The second kappa shape index (κ2) is 5.75. The van der Waals surface area contributed by atoms with Gasteiger partial charge in [0.15, 0.2) is 5.76 Å². The van der Waals surface area contributed by atoms with Crippen molar-refractivity contribution in [1.29, 1.82) is 0 Å². The minimum Gasteiger partial charge on any atom is -0.451 e. The molecule has 0 aliphatic heterocycles. The van der Waals surface area contributed by atoms with E-state index in [-0.39, 0.29) is 5.91 Å². The zero-order valence-corrected chi connectivity index (χ0v) is 9.67. The standard InChI is InChI=1S/C12H12N4O2/c13-16-15-7-3-6-14-12(17)11-8-9-4-1-2-5-10(9)18-11/h1-2,4-5,8H,3,6-7H2,(H,14,17). The summed E-state index contributed by atoms with van der Waals surface area (Å²) in [6.45, 7) is 0.825. The van der Waals surface area contributed by atoms with Crippen molar-refractivity contribution < 1.29 is 9.21 Å². The van der Waals surface area contributed by atoms with Gasteiger partial charge in [-0.1, -0.05) is 23.3 Å². The summed E-state index contributed by atoms with van der Waals surface area (Å²) in [5.74, 6) is 0.0344. The van der Waals surface area contributed by atoms with Gasteiger partial charge in [-0.2, -0.15) is 0 Å². The van der Waals surface area contributed by atoms with E-state index in [0.717, 1.165) is 5.39 Å². The van der Waals surface area contributed by atoms with Crippen molar-refractivity contribution in [2.45, 2.75) is 6.42 Å². The first-order valence-corrected chi connectivity index (χ1v) is 5.59. The molecule has 1 aromatic heterocycles. The van der Waals surface area contributed by atoms with E-state index in [4.69, 9.17) is 9.95 Å². The van der Waals surface area contributed by atoms with Crippen LogP contribution >= 0.6 is 0 Å². The third-order valence-corrected chi connectivity index (χ3v) is 2.43. The minimum atomic E-state index is -0.257. The highest BCUT2D eigenvalue weighted by molar-refractivity contribution is 5.95. The van der Waals surface area contributed by atoms with E-state index in [1.807, 2.05) is 24.3 Å². The van der Waals surface area contributed by atoms with Crippen LogP contribution in [0.1, 0.15) is 17.0 Å². The van der Waals surface area contributed by atoms with Gasteiger partial charge in [0.1, 0.15) is 5.58 Å². The molecule has 0 radical (unpaired) electrons. The largest absolute Gasteiger partial charge is 0.451 e. The summed E-state index contributed by atoms with van der Waals surface area (Å²) in [6, 6.07) is 9.15. The Labute approximate surface area is 103 Å². The molecule has 0 fully saturated rings. The number of nitrogens with one attached hydrogen (secondary N) is 1. The average Bonchev–Trinajstić information content (AvgIpc) is 2.82. The molecule has 1 heterocycles. The minimum absolute atomic E-state index is 0.257. The highest BCUT2D eigenvalue weighted by Crippen LogP contribution is 2.18. The molecule has 92 valence electrons. The lowest BCUT2D eigenvalue weighted by Gasteiger charge is -2.00. The molecule has 0 bridgehead atoms. The number of fused-ring (bicyclic) bond motifs is 1.